The summed E-state index contributed by atoms with van der Waals surface area (Å²) in [5.74, 6) is 0.862. The molecular weight excluding hydrogens is 252 g/mol. The fraction of sp³-hybridized carbons (Fsp3) is 0.933. The van der Waals surface area contributed by atoms with E-state index < -0.39 is 0 Å². The Balaban J connectivity index is 2.34. The van der Waals surface area contributed by atoms with E-state index in [1.54, 1.807) is 0 Å². The van der Waals surface area contributed by atoms with Gasteiger partial charge in [0.15, 0.2) is 0 Å². The third-order valence-electron chi connectivity index (χ3n) is 4.27. The van der Waals surface area contributed by atoms with E-state index in [9.17, 15) is 4.79 Å². The summed E-state index contributed by atoms with van der Waals surface area (Å²) in [5.41, 5.74) is 5.85. The third kappa shape index (κ3) is 6.20. The van der Waals surface area contributed by atoms with Crippen molar-refractivity contribution < 1.29 is 4.79 Å². The van der Waals surface area contributed by atoms with E-state index in [2.05, 4.69) is 36.1 Å². The van der Waals surface area contributed by atoms with Crippen LogP contribution in [0.15, 0.2) is 0 Å². The lowest BCUT2D eigenvalue weighted by Crippen LogP contribution is -2.45. The highest BCUT2D eigenvalue weighted by Gasteiger charge is 2.22. The Morgan fingerprint density at radius 1 is 1.45 bits per heavy atom. The smallest absolute Gasteiger partial charge is 0.221 e. The molecule has 0 spiro atoms. The number of hydrogen-bond acceptors (Lipinski definition) is 4. The van der Waals surface area contributed by atoms with E-state index in [1.165, 1.54) is 25.9 Å². The van der Waals surface area contributed by atoms with Crippen molar-refractivity contribution in [2.45, 2.75) is 38.6 Å². The summed E-state index contributed by atoms with van der Waals surface area (Å²) in [7, 11) is 4.28. The molecule has 1 unspecified atom stereocenters. The average molecular weight is 284 g/mol. The van der Waals surface area contributed by atoms with Crippen LogP contribution in [-0.4, -0.2) is 68.6 Å². The summed E-state index contributed by atoms with van der Waals surface area (Å²) in [6, 6.07) is 0.159. The zero-order valence-electron chi connectivity index (χ0n) is 13.4. The van der Waals surface area contributed by atoms with E-state index in [4.69, 9.17) is 5.73 Å². The van der Waals surface area contributed by atoms with Crippen LogP contribution in [0.4, 0.5) is 0 Å². The quantitative estimate of drug-likeness (QED) is 0.681. The Kier molecular flexibility index (Phi) is 8.11. The molecule has 1 saturated heterocycles. The van der Waals surface area contributed by atoms with E-state index in [-0.39, 0.29) is 11.9 Å². The molecule has 1 amide bonds. The fourth-order valence-corrected chi connectivity index (χ4v) is 2.77. The minimum Gasteiger partial charge on any atom is -0.356 e. The summed E-state index contributed by atoms with van der Waals surface area (Å²) in [6.07, 6.45) is 3.99. The van der Waals surface area contributed by atoms with Crippen molar-refractivity contribution in [3.05, 3.63) is 0 Å². The number of nitrogens with zero attached hydrogens (tertiary/aromatic N) is 2. The highest BCUT2D eigenvalue weighted by molar-refractivity contribution is 5.76. The third-order valence-corrected chi connectivity index (χ3v) is 4.27. The van der Waals surface area contributed by atoms with Crippen LogP contribution in [0.25, 0.3) is 0 Å². The van der Waals surface area contributed by atoms with Gasteiger partial charge in [0.1, 0.15) is 0 Å². The van der Waals surface area contributed by atoms with E-state index in [1.807, 2.05) is 0 Å². The summed E-state index contributed by atoms with van der Waals surface area (Å²) in [5, 5.41) is 2.93. The van der Waals surface area contributed by atoms with Crippen LogP contribution < -0.4 is 11.1 Å². The summed E-state index contributed by atoms with van der Waals surface area (Å²) in [4.78, 5) is 16.5. The van der Waals surface area contributed by atoms with Gasteiger partial charge in [0, 0.05) is 32.1 Å². The van der Waals surface area contributed by atoms with Crippen molar-refractivity contribution in [3.63, 3.8) is 0 Å². The van der Waals surface area contributed by atoms with Crippen molar-refractivity contribution in [1.29, 1.82) is 0 Å². The van der Waals surface area contributed by atoms with Gasteiger partial charge in [-0.3, -0.25) is 4.79 Å². The Morgan fingerprint density at radius 3 is 2.65 bits per heavy atom. The molecule has 0 aromatic carbocycles. The minimum atomic E-state index is 0.123. The molecule has 0 aromatic rings. The number of piperidine rings is 1. The lowest BCUT2D eigenvalue weighted by atomic mass is 9.96. The molecule has 1 fully saturated rings. The van der Waals surface area contributed by atoms with Crippen molar-refractivity contribution in [3.8, 4) is 0 Å². The second kappa shape index (κ2) is 9.32. The molecule has 1 atom stereocenters. The van der Waals surface area contributed by atoms with Crippen LogP contribution in [0, 0.1) is 5.92 Å². The van der Waals surface area contributed by atoms with Crippen molar-refractivity contribution in [1.82, 2.24) is 15.1 Å². The first kappa shape index (κ1) is 17.4. The van der Waals surface area contributed by atoms with Gasteiger partial charge in [0.2, 0.25) is 5.91 Å². The predicted octanol–water partition coefficient (Wildman–Crippen LogP) is 0.504. The molecule has 0 saturated carbocycles. The Hall–Kier alpha value is -0.650. The zero-order chi connectivity index (χ0) is 15.0. The van der Waals surface area contributed by atoms with E-state index in [0.717, 1.165) is 25.4 Å². The molecule has 5 nitrogen and oxygen atoms in total. The number of amides is 1. The Morgan fingerprint density at radius 2 is 2.10 bits per heavy atom. The number of rotatable bonds is 8. The predicted molar refractivity (Wildman–Crippen MR) is 83.6 cm³/mol. The molecular formula is C15H32N4O. The Labute approximate surface area is 123 Å². The van der Waals surface area contributed by atoms with Gasteiger partial charge >= 0.3 is 0 Å². The molecule has 0 aromatic heterocycles. The number of nitrogens with one attached hydrogen (secondary N) is 1. The highest BCUT2D eigenvalue weighted by atomic mass is 16.1. The summed E-state index contributed by atoms with van der Waals surface area (Å²) < 4.78 is 0. The SMILES string of the molecule is CCCNC(=O)CC(CN)N(C)CC1CCN(C)CC1. The van der Waals surface area contributed by atoms with Crippen LogP contribution >= 0.6 is 0 Å². The van der Waals surface area contributed by atoms with Crippen molar-refractivity contribution in [2.24, 2.45) is 11.7 Å². The largest absolute Gasteiger partial charge is 0.356 e. The first-order valence-corrected chi connectivity index (χ1v) is 7.92. The van der Waals surface area contributed by atoms with Gasteiger partial charge < -0.3 is 20.9 Å². The van der Waals surface area contributed by atoms with Gasteiger partial charge in [0.05, 0.1) is 0 Å². The number of likely N-dealkylation sites (N-methyl/N-ethyl adjacent to an activating group) is 1. The summed E-state index contributed by atoms with van der Waals surface area (Å²) >= 11 is 0. The first-order chi connectivity index (χ1) is 9.56. The number of nitrogens with two attached hydrogens (primary N) is 1. The number of carbonyl (C=O) groups is 1. The Bertz CT molecular complexity index is 277. The van der Waals surface area contributed by atoms with Crippen LogP contribution in [-0.2, 0) is 4.79 Å². The van der Waals surface area contributed by atoms with Crippen LogP contribution in [0.1, 0.15) is 32.6 Å². The monoisotopic (exact) mass is 284 g/mol. The average Bonchev–Trinajstić information content (AvgIpc) is 2.44. The number of likely N-dealkylation sites (tertiary alicyclic amines) is 1. The minimum absolute atomic E-state index is 0.123. The maximum absolute atomic E-state index is 11.8. The lowest BCUT2D eigenvalue weighted by molar-refractivity contribution is -0.122. The van der Waals surface area contributed by atoms with Crippen LogP contribution in [0.5, 0.6) is 0 Å². The standard InChI is InChI=1S/C15H32N4O/c1-4-7-17-15(20)10-14(11-16)19(3)12-13-5-8-18(2)9-6-13/h13-14H,4-12,16H2,1-3H3,(H,17,20). The van der Waals surface area contributed by atoms with Gasteiger partial charge in [-0.2, -0.15) is 0 Å². The summed E-state index contributed by atoms with van der Waals surface area (Å²) in [6.45, 7) is 6.78. The molecule has 20 heavy (non-hydrogen) atoms. The molecule has 1 aliphatic rings. The maximum Gasteiger partial charge on any atom is 0.221 e. The molecule has 1 heterocycles. The van der Waals surface area contributed by atoms with Crippen LogP contribution in [0.3, 0.4) is 0 Å². The van der Waals surface area contributed by atoms with E-state index in [0.29, 0.717) is 13.0 Å². The molecule has 1 rings (SSSR count). The van der Waals surface area contributed by atoms with Crippen molar-refractivity contribution >= 4 is 5.91 Å². The number of carbonyl (C=O) groups excluding carboxylic acids is 1. The zero-order valence-corrected chi connectivity index (χ0v) is 13.4. The van der Waals surface area contributed by atoms with E-state index >= 15 is 0 Å². The van der Waals surface area contributed by atoms with Gasteiger partial charge in [-0.25, -0.2) is 0 Å². The fourth-order valence-electron chi connectivity index (χ4n) is 2.77. The topological polar surface area (TPSA) is 61.6 Å². The lowest BCUT2D eigenvalue weighted by Gasteiger charge is -2.34. The second-order valence-corrected chi connectivity index (χ2v) is 6.13. The van der Waals surface area contributed by atoms with Gasteiger partial charge in [-0.1, -0.05) is 6.92 Å². The molecule has 0 radical (unpaired) electrons. The van der Waals surface area contributed by atoms with Gasteiger partial charge in [-0.15, -0.1) is 0 Å². The number of hydrogen-bond donors (Lipinski definition) is 2. The molecule has 118 valence electrons. The molecule has 0 bridgehead atoms. The molecule has 5 heteroatoms. The normalized spacial score (nSPS) is 19.2. The molecule has 0 aliphatic carbocycles. The van der Waals surface area contributed by atoms with Crippen LogP contribution in [0.2, 0.25) is 0 Å². The molecule has 1 aliphatic heterocycles. The molecule has 3 N–H and O–H groups in total. The second-order valence-electron chi connectivity index (χ2n) is 6.13. The maximum atomic E-state index is 11.8. The van der Waals surface area contributed by atoms with Gasteiger partial charge in [0.25, 0.3) is 0 Å². The van der Waals surface area contributed by atoms with Gasteiger partial charge in [-0.05, 0) is 52.4 Å². The highest BCUT2D eigenvalue weighted by Crippen LogP contribution is 2.18. The first-order valence-electron chi connectivity index (χ1n) is 7.92. The van der Waals surface area contributed by atoms with Crippen molar-refractivity contribution in [2.75, 3.05) is 46.8 Å².